The maximum atomic E-state index is 5.63. The van der Waals surface area contributed by atoms with Crippen LogP contribution >= 0.6 is 11.3 Å². The van der Waals surface area contributed by atoms with E-state index < -0.39 is 0 Å². The Balaban J connectivity index is 2.43. The highest BCUT2D eigenvalue weighted by atomic mass is 32.1. The molecule has 2 heterocycles. The molecule has 0 unspecified atom stereocenters. The lowest BCUT2D eigenvalue weighted by Crippen LogP contribution is -2.05. The summed E-state index contributed by atoms with van der Waals surface area (Å²) in [5, 5.41) is 17.9. The predicted octanol–water partition coefficient (Wildman–Crippen LogP) is 0.838. The fourth-order valence-electron chi connectivity index (χ4n) is 1.50. The van der Waals surface area contributed by atoms with E-state index in [0.717, 1.165) is 34.4 Å². The Bertz CT molecular complexity index is 474. The fourth-order valence-corrected chi connectivity index (χ4v) is 2.16. The monoisotopic (exact) mass is 238 g/mol. The van der Waals surface area contributed by atoms with E-state index in [0.29, 0.717) is 6.54 Å². The van der Waals surface area contributed by atoms with E-state index in [1.54, 1.807) is 4.68 Å². The summed E-state index contributed by atoms with van der Waals surface area (Å²) < 4.78 is 1.75. The van der Waals surface area contributed by atoms with Crippen molar-refractivity contribution in [3.05, 3.63) is 16.4 Å². The molecule has 0 radical (unpaired) electrons. The first-order valence-corrected chi connectivity index (χ1v) is 6.02. The summed E-state index contributed by atoms with van der Waals surface area (Å²) in [7, 11) is 0. The summed E-state index contributed by atoms with van der Waals surface area (Å²) in [5.74, 6) is 0. The van der Waals surface area contributed by atoms with Gasteiger partial charge >= 0.3 is 0 Å². The van der Waals surface area contributed by atoms with Gasteiger partial charge in [0.15, 0.2) is 0 Å². The molecule has 2 N–H and O–H groups in total. The Kier molecular flexibility index (Phi) is 3.25. The predicted molar refractivity (Wildman–Crippen MR) is 61.4 cm³/mol. The lowest BCUT2D eigenvalue weighted by Gasteiger charge is -2.01. The minimum atomic E-state index is 0.410. The third-order valence-electron chi connectivity index (χ3n) is 2.22. The maximum Gasteiger partial charge on any atom is 0.234 e. The summed E-state index contributed by atoms with van der Waals surface area (Å²) in [6.07, 6.45) is 1.93. The topological polar surface area (TPSA) is 82.5 Å². The van der Waals surface area contributed by atoms with E-state index in [9.17, 15) is 0 Å². The first kappa shape index (κ1) is 11.2. The molecule has 86 valence electrons. The van der Waals surface area contributed by atoms with Gasteiger partial charge in [-0.2, -0.15) is 4.68 Å². The third-order valence-corrected chi connectivity index (χ3v) is 3.03. The summed E-state index contributed by atoms with van der Waals surface area (Å²) in [4.78, 5) is 0. The molecular formula is C9H14N6S. The number of hydrogen-bond acceptors (Lipinski definition) is 6. The SMILES string of the molecule is CCCc1c(CN)nnn1-c1nnc(C)s1. The Morgan fingerprint density at radius 1 is 1.31 bits per heavy atom. The largest absolute Gasteiger partial charge is 0.325 e. The number of nitrogens with two attached hydrogens (primary N) is 1. The highest BCUT2D eigenvalue weighted by Crippen LogP contribution is 2.17. The second kappa shape index (κ2) is 4.67. The molecular weight excluding hydrogens is 224 g/mol. The lowest BCUT2D eigenvalue weighted by molar-refractivity contribution is 0.732. The van der Waals surface area contributed by atoms with Gasteiger partial charge in [-0.3, -0.25) is 0 Å². The first-order chi connectivity index (χ1) is 7.76. The van der Waals surface area contributed by atoms with Gasteiger partial charge < -0.3 is 5.73 Å². The van der Waals surface area contributed by atoms with Gasteiger partial charge in [-0.25, -0.2) is 0 Å². The van der Waals surface area contributed by atoms with Crippen LogP contribution in [0.15, 0.2) is 0 Å². The van der Waals surface area contributed by atoms with Crippen LogP contribution in [0, 0.1) is 6.92 Å². The van der Waals surface area contributed by atoms with Crippen molar-refractivity contribution in [2.75, 3.05) is 0 Å². The third kappa shape index (κ3) is 1.96. The summed E-state index contributed by atoms with van der Waals surface area (Å²) in [6, 6.07) is 0. The van der Waals surface area contributed by atoms with E-state index in [4.69, 9.17) is 5.73 Å². The Morgan fingerprint density at radius 2 is 2.12 bits per heavy atom. The zero-order valence-corrected chi connectivity index (χ0v) is 10.2. The van der Waals surface area contributed by atoms with Crippen molar-refractivity contribution in [3.63, 3.8) is 0 Å². The molecule has 0 aromatic carbocycles. The zero-order chi connectivity index (χ0) is 11.5. The van der Waals surface area contributed by atoms with Crippen LogP contribution in [0.3, 0.4) is 0 Å². The molecule has 0 aliphatic rings. The van der Waals surface area contributed by atoms with E-state index in [2.05, 4.69) is 27.4 Å². The van der Waals surface area contributed by atoms with Crippen LogP contribution in [0.2, 0.25) is 0 Å². The Morgan fingerprint density at radius 3 is 2.69 bits per heavy atom. The van der Waals surface area contributed by atoms with Crippen molar-refractivity contribution >= 4 is 11.3 Å². The van der Waals surface area contributed by atoms with Crippen LogP contribution in [0.25, 0.3) is 5.13 Å². The normalized spacial score (nSPS) is 10.9. The molecule has 2 rings (SSSR count). The van der Waals surface area contributed by atoms with Crippen LogP contribution in [0.4, 0.5) is 0 Å². The van der Waals surface area contributed by atoms with Crippen molar-refractivity contribution in [1.29, 1.82) is 0 Å². The molecule has 0 amide bonds. The van der Waals surface area contributed by atoms with Crippen molar-refractivity contribution in [2.24, 2.45) is 5.73 Å². The minimum Gasteiger partial charge on any atom is -0.325 e. The lowest BCUT2D eigenvalue weighted by atomic mass is 10.2. The highest BCUT2D eigenvalue weighted by Gasteiger charge is 2.14. The van der Waals surface area contributed by atoms with Crippen molar-refractivity contribution in [1.82, 2.24) is 25.2 Å². The molecule has 0 fully saturated rings. The van der Waals surface area contributed by atoms with Gasteiger partial charge in [0.2, 0.25) is 5.13 Å². The van der Waals surface area contributed by atoms with Gasteiger partial charge in [-0.05, 0) is 13.3 Å². The van der Waals surface area contributed by atoms with Gasteiger partial charge in [0, 0.05) is 6.54 Å². The molecule has 2 aromatic rings. The van der Waals surface area contributed by atoms with Crippen LogP contribution in [0.1, 0.15) is 29.7 Å². The Hall–Kier alpha value is -1.34. The van der Waals surface area contributed by atoms with E-state index in [1.165, 1.54) is 11.3 Å². The van der Waals surface area contributed by atoms with Crippen LogP contribution in [-0.4, -0.2) is 25.2 Å². The zero-order valence-electron chi connectivity index (χ0n) is 9.34. The van der Waals surface area contributed by atoms with Crippen LogP contribution in [0.5, 0.6) is 0 Å². The summed E-state index contributed by atoms with van der Waals surface area (Å²) in [5.41, 5.74) is 7.51. The molecule has 0 saturated heterocycles. The average molecular weight is 238 g/mol. The standard InChI is InChI=1S/C9H14N6S/c1-3-4-8-7(5-10)12-14-15(8)9-13-11-6(2)16-9/h3-5,10H2,1-2H3. The summed E-state index contributed by atoms with van der Waals surface area (Å²) in [6.45, 7) is 4.44. The molecule has 0 bridgehead atoms. The smallest absolute Gasteiger partial charge is 0.234 e. The van der Waals surface area contributed by atoms with Gasteiger partial charge in [0.05, 0.1) is 11.4 Å². The molecule has 0 saturated carbocycles. The van der Waals surface area contributed by atoms with E-state index >= 15 is 0 Å². The molecule has 2 aromatic heterocycles. The van der Waals surface area contributed by atoms with Crippen LogP contribution in [-0.2, 0) is 13.0 Å². The summed E-state index contributed by atoms with van der Waals surface area (Å²) >= 11 is 1.50. The number of hydrogen-bond donors (Lipinski definition) is 1. The average Bonchev–Trinajstić information content (AvgIpc) is 2.85. The quantitative estimate of drug-likeness (QED) is 0.853. The van der Waals surface area contributed by atoms with Crippen molar-refractivity contribution < 1.29 is 0 Å². The van der Waals surface area contributed by atoms with Crippen molar-refractivity contribution in [2.45, 2.75) is 33.2 Å². The number of rotatable bonds is 4. The molecule has 7 heteroatoms. The van der Waals surface area contributed by atoms with E-state index in [1.807, 2.05) is 6.92 Å². The molecule has 0 aliphatic heterocycles. The molecule has 0 aliphatic carbocycles. The molecule has 16 heavy (non-hydrogen) atoms. The highest BCUT2D eigenvalue weighted by molar-refractivity contribution is 7.13. The van der Waals surface area contributed by atoms with E-state index in [-0.39, 0.29) is 0 Å². The molecule has 0 spiro atoms. The minimum absolute atomic E-state index is 0.410. The number of aromatic nitrogens is 5. The van der Waals surface area contributed by atoms with Crippen LogP contribution < -0.4 is 5.73 Å². The van der Waals surface area contributed by atoms with Gasteiger partial charge in [-0.1, -0.05) is 29.9 Å². The van der Waals surface area contributed by atoms with Gasteiger partial charge in [0.25, 0.3) is 0 Å². The first-order valence-electron chi connectivity index (χ1n) is 5.20. The van der Waals surface area contributed by atoms with Gasteiger partial charge in [0.1, 0.15) is 5.01 Å². The van der Waals surface area contributed by atoms with Gasteiger partial charge in [-0.15, -0.1) is 15.3 Å². The molecule has 6 nitrogen and oxygen atoms in total. The fraction of sp³-hybridized carbons (Fsp3) is 0.556. The second-order valence-corrected chi connectivity index (χ2v) is 4.61. The number of nitrogens with zero attached hydrogens (tertiary/aromatic N) is 5. The number of aryl methyl sites for hydroxylation is 1. The Labute approximate surface area is 97.5 Å². The van der Waals surface area contributed by atoms with Crippen molar-refractivity contribution in [3.8, 4) is 5.13 Å². The molecule has 0 atom stereocenters. The maximum absolute atomic E-state index is 5.63. The second-order valence-electron chi connectivity index (χ2n) is 3.45.